The highest BCUT2D eigenvalue weighted by atomic mass is 79.9. The SMILES string of the molecule is COc1ccc(C2c3cccn3-c3ccccc3N2C(=O)CN(C(=O)Nc2ccccc2Br)C2CC2)cc1. The third-order valence-electron chi connectivity index (χ3n) is 7.09. The zero-order chi connectivity index (χ0) is 26.2. The lowest BCUT2D eigenvalue weighted by Gasteiger charge is -2.39. The number of anilines is 2. The number of fused-ring (bicyclic) bond motifs is 3. The molecule has 0 saturated heterocycles. The Kier molecular flexibility index (Phi) is 6.41. The molecule has 1 atom stereocenters. The molecule has 1 aliphatic carbocycles. The van der Waals surface area contributed by atoms with Crippen molar-refractivity contribution < 1.29 is 14.3 Å². The van der Waals surface area contributed by atoms with Crippen molar-refractivity contribution in [2.45, 2.75) is 24.9 Å². The van der Waals surface area contributed by atoms with Crippen molar-refractivity contribution in [3.8, 4) is 11.4 Å². The molecule has 1 N–H and O–H groups in total. The van der Waals surface area contributed by atoms with E-state index in [1.807, 2.05) is 96.0 Å². The maximum Gasteiger partial charge on any atom is 0.322 e. The molecule has 0 bridgehead atoms. The van der Waals surface area contributed by atoms with Crippen molar-refractivity contribution in [3.05, 3.63) is 107 Å². The summed E-state index contributed by atoms with van der Waals surface area (Å²) >= 11 is 3.49. The lowest BCUT2D eigenvalue weighted by atomic mass is 9.97. The lowest BCUT2D eigenvalue weighted by Crippen LogP contribution is -2.48. The quantitative estimate of drug-likeness (QED) is 0.292. The molecule has 1 aromatic heterocycles. The van der Waals surface area contributed by atoms with E-state index in [0.717, 1.165) is 45.7 Å². The summed E-state index contributed by atoms with van der Waals surface area (Å²) < 4.78 is 8.29. The Balaban J connectivity index is 1.36. The van der Waals surface area contributed by atoms with Crippen molar-refractivity contribution in [3.63, 3.8) is 0 Å². The largest absolute Gasteiger partial charge is 0.497 e. The van der Waals surface area contributed by atoms with E-state index in [-0.39, 0.29) is 30.6 Å². The van der Waals surface area contributed by atoms with Crippen molar-refractivity contribution in [2.75, 3.05) is 23.9 Å². The maximum absolute atomic E-state index is 14.2. The van der Waals surface area contributed by atoms with E-state index in [1.165, 1.54) is 0 Å². The van der Waals surface area contributed by atoms with Crippen molar-refractivity contribution in [1.29, 1.82) is 0 Å². The van der Waals surface area contributed by atoms with E-state index in [9.17, 15) is 9.59 Å². The number of benzene rings is 3. The van der Waals surface area contributed by atoms with E-state index in [2.05, 4.69) is 25.8 Å². The van der Waals surface area contributed by atoms with Crippen molar-refractivity contribution >= 4 is 39.2 Å². The molecule has 0 spiro atoms. The summed E-state index contributed by atoms with van der Waals surface area (Å²) in [5.41, 5.74) is 4.36. The predicted molar refractivity (Wildman–Crippen MR) is 151 cm³/mol. The molecule has 192 valence electrons. The van der Waals surface area contributed by atoms with E-state index >= 15 is 0 Å². The number of urea groups is 1. The zero-order valence-electron chi connectivity index (χ0n) is 20.9. The second-order valence-corrected chi connectivity index (χ2v) is 10.4. The van der Waals surface area contributed by atoms with Crippen LogP contribution < -0.4 is 15.0 Å². The van der Waals surface area contributed by atoms with Gasteiger partial charge in [-0.2, -0.15) is 0 Å². The standard InChI is InChI=1S/C30H27BrN4O3/c1-38-22-16-12-20(13-17-22)29-27-11-6-18-33(27)25-9-4-5-10-26(25)35(29)28(36)19-34(21-14-15-21)30(37)32-24-8-3-2-7-23(24)31/h2-13,16-18,21,29H,14-15,19H2,1H3,(H,32,37). The second kappa shape index (κ2) is 10.0. The fraction of sp³-hybridized carbons (Fsp3) is 0.200. The highest BCUT2D eigenvalue weighted by Crippen LogP contribution is 2.43. The molecule has 38 heavy (non-hydrogen) atoms. The van der Waals surface area contributed by atoms with Crippen LogP contribution >= 0.6 is 15.9 Å². The molecular formula is C30H27BrN4O3. The van der Waals surface area contributed by atoms with Crippen LogP contribution in [-0.2, 0) is 4.79 Å². The molecule has 8 heteroatoms. The summed E-state index contributed by atoms with van der Waals surface area (Å²) in [5, 5.41) is 2.98. The van der Waals surface area contributed by atoms with Gasteiger partial charge in [-0.3, -0.25) is 9.69 Å². The summed E-state index contributed by atoms with van der Waals surface area (Å²) in [6.07, 6.45) is 3.80. The van der Waals surface area contributed by atoms with Crippen molar-refractivity contribution in [1.82, 2.24) is 9.47 Å². The fourth-order valence-corrected chi connectivity index (χ4v) is 5.47. The minimum Gasteiger partial charge on any atom is -0.497 e. The Hall–Kier alpha value is -4.04. The molecule has 1 aliphatic heterocycles. The topological polar surface area (TPSA) is 66.8 Å². The van der Waals surface area contributed by atoms with Crippen LogP contribution in [0.25, 0.3) is 5.69 Å². The predicted octanol–water partition coefficient (Wildman–Crippen LogP) is 6.38. The van der Waals surface area contributed by atoms with E-state index in [0.29, 0.717) is 5.69 Å². The number of halogens is 1. The number of carbonyl (C=O) groups is 2. The Bertz CT molecular complexity index is 1500. The molecule has 2 heterocycles. The first kappa shape index (κ1) is 24.3. The molecule has 3 aromatic carbocycles. The van der Waals surface area contributed by atoms with Crippen LogP contribution in [0.1, 0.15) is 30.1 Å². The fourth-order valence-electron chi connectivity index (χ4n) is 5.09. The first-order valence-electron chi connectivity index (χ1n) is 12.6. The minimum absolute atomic E-state index is 0.0251. The number of amides is 3. The van der Waals surface area contributed by atoms with Gasteiger partial charge in [0.2, 0.25) is 5.91 Å². The highest BCUT2D eigenvalue weighted by Gasteiger charge is 2.40. The molecular weight excluding hydrogens is 544 g/mol. The third kappa shape index (κ3) is 4.45. The van der Waals surface area contributed by atoms with Gasteiger partial charge in [0, 0.05) is 16.7 Å². The molecule has 6 rings (SSSR count). The number of nitrogens with zero attached hydrogens (tertiary/aromatic N) is 3. The average molecular weight is 571 g/mol. The van der Waals surface area contributed by atoms with Crippen LogP contribution in [0.2, 0.25) is 0 Å². The first-order chi connectivity index (χ1) is 18.5. The van der Waals surface area contributed by atoms with Gasteiger partial charge in [0.05, 0.1) is 29.9 Å². The van der Waals surface area contributed by atoms with Gasteiger partial charge in [-0.25, -0.2) is 4.79 Å². The zero-order valence-corrected chi connectivity index (χ0v) is 22.5. The number of hydrogen-bond donors (Lipinski definition) is 1. The van der Waals surface area contributed by atoms with Gasteiger partial charge in [0.25, 0.3) is 0 Å². The number of rotatable bonds is 6. The Morgan fingerprint density at radius 2 is 1.66 bits per heavy atom. The number of hydrogen-bond acceptors (Lipinski definition) is 3. The number of carbonyl (C=O) groups excluding carboxylic acids is 2. The highest BCUT2D eigenvalue weighted by molar-refractivity contribution is 9.10. The molecule has 0 radical (unpaired) electrons. The van der Waals surface area contributed by atoms with E-state index in [4.69, 9.17) is 4.74 Å². The van der Waals surface area contributed by atoms with Gasteiger partial charge >= 0.3 is 6.03 Å². The van der Waals surface area contributed by atoms with Crippen LogP contribution in [-0.4, -0.2) is 41.1 Å². The number of aromatic nitrogens is 1. The summed E-state index contributed by atoms with van der Waals surface area (Å²) in [6, 6.07) is 26.6. The Morgan fingerprint density at radius 1 is 0.947 bits per heavy atom. The van der Waals surface area contributed by atoms with Crippen LogP contribution in [0, 0.1) is 0 Å². The van der Waals surface area contributed by atoms with Crippen LogP contribution in [0.15, 0.2) is 95.6 Å². The molecule has 2 aliphatic rings. The second-order valence-electron chi connectivity index (χ2n) is 9.50. The summed E-state index contributed by atoms with van der Waals surface area (Å²) in [6.45, 7) is -0.0251. The number of ether oxygens (including phenoxy) is 1. The summed E-state index contributed by atoms with van der Waals surface area (Å²) in [5.74, 6) is 0.613. The van der Waals surface area contributed by atoms with E-state index in [1.54, 1.807) is 12.0 Å². The smallest absolute Gasteiger partial charge is 0.322 e. The lowest BCUT2D eigenvalue weighted by molar-refractivity contribution is -0.119. The maximum atomic E-state index is 14.2. The number of methoxy groups -OCH3 is 1. The average Bonchev–Trinajstić information content (AvgIpc) is 3.67. The minimum atomic E-state index is -0.356. The third-order valence-corrected chi connectivity index (χ3v) is 7.78. The number of nitrogens with one attached hydrogen (secondary N) is 1. The van der Waals surface area contributed by atoms with Gasteiger partial charge in [-0.05, 0) is 82.9 Å². The normalized spacial score (nSPS) is 15.8. The Morgan fingerprint density at radius 3 is 2.37 bits per heavy atom. The van der Waals surface area contributed by atoms with Crippen molar-refractivity contribution in [2.24, 2.45) is 0 Å². The Labute approximate surface area is 229 Å². The molecule has 1 saturated carbocycles. The molecule has 1 fully saturated rings. The summed E-state index contributed by atoms with van der Waals surface area (Å²) in [4.78, 5) is 31.1. The molecule has 1 unspecified atom stereocenters. The molecule has 3 amide bonds. The van der Waals surface area contributed by atoms with E-state index < -0.39 is 0 Å². The van der Waals surface area contributed by atoms with Gasteiger partial charge in [0.15, 0.2) is 0 Å². The van der Waals surface area contributed by atoms with Gasteiger partial charge in [-0.15, -0.1) is 0 Å². The van der Waals surface area contributed by atoms with Crippen LogP contribution in [0.4, 0.5) is 16.2 Å². The van der Waals surface area contributed by atoms with Gasteiger partial charge in [-0.1, -0.05) is 36.4 Å². The monoisotopic (exact) mass is 570 g/mol. The molecule has 4 aromatic rings. The summed E-state index contributed by atoms with van der Waals surface area (Å²) in [7, 11) is 1.64. The number of para-hydroxylation sites is 3. The van der Waals surface area contributed by atoms with Gasteiger partial charge in [0.1, 0.15) is 18.3 Å². The first-order valence-corrected chi connectivity index (χ1v) is 13.4. The van der Waals surface area contributed by atoms with Crippen LogP contribution in [0.3, 0.4) is 0 Å². The van der Waals surface area contributed by atoms with Crippen LogP contribution in [0.5, 0.6) is 5.75 Å². The van der Waals surface area contributed by atoms with Gasteiger partial charge < -0.3 is 19.5 Å². The molecule has 7 nitrogen and oxygen atoms in total.